The minimum absolute atomic E-state index is 0.0216. The molecule has 188 valence electrons. The second-order valence-electron chi connectivity index (χ2n) is 10.1. The zero-order valence-corrected chi connectivity index (χ0v) is 21.6. The Balaban J connectivity index is 1.42. The van der Waals surface area contributed by atoms with Gasteiger partial charge < -0.3 is 14.0 Å². The molecule has 0 atom stereocenters. The molecule has 0 spiro atoms. The summed E-state index contributed by atoms with van der Waals surface area (Å²) in [6.07, 6.45) is 2.06. The van der Waals surface area contributed by atoms with Gasteiger partial charge in [0.25, 0.3) is 0 Å². The number of hydrogen-bond acceptors (Lipinski definition) is 7. The van der Waals surface area contributed by atoms with Crippen LogP contribution in [-0.2, 0) is 22.4 Å². The highest BCUT2D eigenvalue weighted by atomic mass is 35.5. The highest BCUT2D eigenvalue weighted by molar-refractivity contribution is 6.30. The lowest BCUT2D eigenvalue weighted by molar-refractivity contribution is -0.228. The van der Waals surface area contributed by atoms with Crippen molar-refractivity contribution in [2.75, 3.05) is 13.2 Å². The summed E-state index contributed by atoms with van der Waals surface area (Å²) in [4.78, 5) is 4.71. The van der Waals surface area contributed by atoms with Crippen LogP contribution < -0.4 is 0 Å². The molecule has 3 aromatic rings. The van der Waals surface area contributed by atoms with E-state index in [1.54, 1.807) is 0 Å². The summed E-state index contributed by atoms with van der Waals surface area (Å²) in [5.74, 6) is 0.959. The van der Waals surface area contributed by atoms with E-state index in [0.717, 1.165) is 53.0 Å². The normalized spacial score (nSPS) is 17.8. The molecule has 0 aliphatic carbocycles. The van der Waals surface area contributed by atoms with Gasteiger partial charge in [-0.15, -0.1) is 10.2 Å². The molecule has 1 aromatic heterocycles. The molecule has 0 bridgehead atoms. The van der Waals surface area contributed by atoms with E-state index < -0.39 is 12.5 Å². The largest absolute Gasteiger partial charge is 0.346 e. The Labute approximate surface area is 216 Å². The van der Waals surface area contributed by atoms with E-state index in [0.29, 0.717) is 24.9 Å². The number of hydrogen-bond donors (Lipinski definition) is 0. The molecular formula is C27H31ClN6O2. The van der Waals surface area contributed by atoms with Crippen LogP contribution in [0.3, 0.4) is 0 Å². The number of rotatable bonds is 8. The fourth-order valence-corrected chi connectivity index (χ4v) is 4.80. The first-order valence-corrected chi connectivity index (χ1v) is 12.8. The third kappa shape index (κ3) is 5.26. The zero-order valence-electron chi connectivity index (χ0n) is 20.9. The number of imidazole rings is 1. The summed E-state index contributed by atoms with van der Waals surface area (Å²) >= 11 is 6.66. The summed E-state index contributed by atoms with van der Waals surface area (Å²) in [5.41, 5.74) is 5.05. The van der Waals surface area contributed by atoms with Gasteiger partial charge in [-0.2, -0.15) is 0 Å². The molecule has 2 aromatic carbocycles. The van der Waals surface area contributed by atoms with Crippen LogP contribution in [0, 0.1) is 5.41 Å². The van der Waals surface area contributed by atoms with E-state index in [9.17, 15) is 0 Å². The molecule has 1 saturated heterocycles. The molecular weight excluding hydrogens is 476 g/mol. The molecule has 2 aliphatic heterocycles. The third-order valence-corrected chi connectivity index (χ3v) is 6.75. The van der Waals surface area contributed by atoms with Gasteiger partial charge >= 0.3 is 0 Å². The van der Waals surface area contributed by atoms with Crippen molar-refractivity contribution < 1.29 is 9.47 Å². The lowest BCUT2D eigenvalue weighted by Gasteiger charge is -2.35. The van der Waals surface area contributed by atoms with Crippen molar-refractivity contribution in [2.45, 2.75) is 59.0 Å². The van der Waals surface area contributed by atoms with Gasteiger partial charge in [0.05, 0.1) is 13.2 Å². The van der Waals surface area contributed by atoms with Crippen LogP contribution in [0.15, 0.2) is 69.2 Å². The molecule has 0 amide bonds. The minimum atomic E-state index is -0.519. The van der Waals surface area contributed by atoms with Crippen molar-refractivity contribution in [3.8, 4) is 11.1 Å². The Morgan fingerprint density at radius 3 is 2.39 bits per heavy atom. The maximum absolute atomic E-state index is 6.66. The van der Waals surface area contributed by atoms with E-state index in [1.165, 1.54) is 0 Å². The zero-order chi connectivity index (χ0) is 25.1. The first kappa shape index (κ1) is 24.7. The number of nitrogens with zero attached hydrogens (tertiary/aromatic N) is 6. The number of aryl methyl sites for hydroxylation is 1. The minimum Gasteiger partial charge on any atom is -0.346 e. The molecule has 1 fully saturated rings. The lowest BCUT2D eigenvalue weighted by atomic mass is 9.95. The van der Waals surface area contributed by atoms with Gasteiger partial charge in [-0.1, -0.05) is 87.3 Å². The average molecular weight is 507 g/mol. The van der Waals surface area contributed by atoms with E-state index in [4.69, 9.17) is 26.1 Å². The number of halogens is 1. The smallest absolute Gasteiger partial charge is 0.211 e. The quantitative estimate of drug-likeness (QED) is 0.317. The number of benzene rings is 2. The van der Waals surface area contributed by atoms with Crippen molar-refractivity contribution in [1.29, 1.82) is 0 Å². The third-order valence-electron chi connectivity index (χ3n) is 6.48. The van der Waals surface area contributed by atoms with Crippen LogP contribution >= 0.6 is 11.6 Å². The van der Waals surface area contributed by atoms with E-state index in [-0.39, 0.29) is 5.41 Å². The van der Waals surface area contributed by atoms with Crippen LogP contribution in [0.25, 0.3) is 11.1 Å². The molecule has 0 unspecified atom stereocenters. The van der Waals surface area contributed by atoms with E-state index in [1.807, 2.05) is 18.2 Å². The van der Waals surface area contributed by atoms with E-state index >= 15 is 0 Å². The summed E-state index contributed by atoms with van der Waals surface area (Å²) < 4.78 is 14.4. The SMILES string of the molecule is CCCCc1nc(Cl)c(C2OCC(C)(C)CO2)n1Cc1ccc(-c2ccccc2C2N=NN=N2)cc1. The van der Waals surface area contributed by atoms with E-state index in [2.05, 4.69) is 76.3 Å². The van der Waals surface area contributed by atoms with Gasteiger partial charge in [-0.3, -0.25) is 0 Å². The summed E-state index contributed by atoms with van der Waals surface area (Å²) in [6.45, 7) is 8.29. The molecule has 0 saturated carbocycles. The Morgan fingerprint density at radius 1 is 1.00 bits per heavy atom. The van der Waals surface area contributed by atoms with Crippen LogP contribution in [0.4, 0.5) is 0 Å². The summed E-state index contributed by atoms with van der Waals surface area (Å²) in [5, 5.41) is 16.0. The van der Waals surface area contributed by atoms with Gasteiger partial charge in [0.2, 0.25) is 12.5 Å². The van der Waals surface area contributed by atoms with Crippen molar-refractivity contribution in [3.63, 3.8) is 0 Å². The number of ether oxygens (including phenoxy) is 2. The Morgan fingerprint density at radius 2 is 1.69 bits per heavy atom. The predicted octanol–water partition coefficient (Wildman–Crippen LogP) is 7.50. The second-order valence-corrected chi connectivity index (χ2v) is 10.4. The average Bonchev–Trinajstić information content (AvgIpc) is 3.52. The molecule has 8 nitrogen and oxygen atoms in total. The van der Waals surface area contributed by atoms with Crippen LogP contribution in [-0.4, -0.2) is 22.8 Å². The molecule has 5 rings (SSSR count). The highest BCUT2D eigenvalue weighted by Crippen LogP contribution is 2.36. The predicted molar refractivity (Wildman–Crippen MR) is 138 cm³/mol. The molecule has 3 heterocycles. The first-order chi connectivity index (χ1) is 17.4. The van der Waals surface area contributed by atoms with Crippen molar-refractivity contribution in [1.82, 2.24) is 9.55 Å². The van der Waals surface area contributed by atoms with Gasteiger partial charge in [0.1, 0.15) is 11.5 Å². The topological polar surface area (TPSA) is 85.7 Å². The number of aromatic nitrogens is 2. The fourth-order valence-electron chi connectivity index (χ4n) is 4.51. The summed E-state index contributed by atoms with van der Waals surface area (Å²) in [6, 6.07) is 16.6. The van der Waals surface area contributed by atoms with Crippen LogP contribution in [0.5, 0.6) is 0 Å². The second kappa shape index (κ2) is 10.6. The standard InChI is InChI=1S/C27H31ClN6O2/c1-4-5-10-22-29-24(28)23(26-35-16-27(2,3)17-36-26)34(22)15-18-11-13-19(14-12-18)20-8-6-7-9-21(20)25-30-32-33-31-25/h6-9,11-14,25-26H,4-5,10,15-17H2,1-3H3. The molecule has 0 N–H and O–H groups in total. The Kier molecular flexibility index (Phi) is 7.27. The monoisotopic (exact) mass is 506 g/mol. The van der Waals surface area contributed by atoms with Crippen LogP contribution in [0.1, 0.15) is 68.7 Å². The highest BCUT2D eigenvalue weighted by Gasteiger charge is 2.33. The van der Waals surface area contributed by atoms with Crippen LogP contribution in [0.2, 0.25) is 5.15 Å². The van der Waals surface area contributed by atoms with Gasteiger partial charge in [0, 0.05) is 23.9 Å². The molecule has 2 aliphatic rings. The van der Waals surface area contributed by atoms with Gasteiger partial charge in [-0.05, 0) is 33.6 Å². The molecule has 36 heavy (non-hydrogen) atoms. The molecule has 9 heteroatoms. The van der Waals surface area contributed by atoms with Gasteiger partial charge in [-0.25, -0.2) is 4.98 Å². The Bertz CT molecular complexity index is 1250. The molecule has 0 radical (unpaired) electrons. The van der Waals surface area contributed by atoms with Crippen molar-refractivity contribution in [2.24, 2.45) is 26.1 Å². The maximum atomic E-state index is 6.66. The Hall–Kier alpha value is -2.94. The first-order valence-electron chi connectivity index (χ1n) is 12.4. The fraction of sp³-hybridized carbons (Fsp3) is 0.444. The summed E-state index contributed by atoms with van der Waals surface area (Å²) in [7, 11) is 0. The van der Waals surface area contributed by atoms with Gasteiger partial charge in [0.15, 0.2) is 5.15 Å². The maximum Gasteiger partial charge on any atom is 0.211 e. The lowest BCUT2D eigenvalue weighted by Crippen LogP contribution is -2.34. The van der Waals surface area contributed by atoms with Crippen molar-refractivity contribution in [3.05, 3.63) is 76.3 Å². The van der Waals surface area contributed by atoms with Crippen molar-refractivity contribution >= 4 is 11.6 Å². The number of unbranched alkanes of at least 4 members (excludes halogenated alkanes) is 1.